The van der Waals surface area contributed by atoms with Crippen molar-refractivity contribution in [2.24, 2.45) is 7.05 Å². The lowest BCUT2D eigenvalue weighted by molar-refractivity contribution is -0.136. The molecule has 0 aromatic carbocycles. The minimum atomic E-state index is -4.11. The number of nitrogens with zero attached hydrogens (tertiary/aromatic N) is 2. The fourth-order valence-corrected chi connectivity index (χ4v) is 1.94. The van der Waals surface area contributed by atoms with Crippen LogP contribution in [0.15, 0.2) is 6.07 Å². The van der Waals surface area contributed by atoms with Crippen LogP contribution in [0.2, 0.25) is 0 Å². The van der Waals surface area contributed by atoms with Gasteiger partial charge in [-0.15, -0.1) is 0 Å². The maximum Gasteiger partial charge on any atom is 0.389 e. The summed E-state index contributed by atoms with van der Waals surface area (Å²) >= 11 is 0. The maximum atomic E-state index is 12.3. The van der Waals surface area contributed by atoms with E-state index >= 15 is 0 Å². The molecular formula is C12H20F3N3. The third-order valence-corrected chi connectivity index (χ3v) is 2.75. The van der Waals surface area contributed by atoms with Gasteiger partial charge in [0.1, 0.15) is 0 Å². The molecule has 1 unspecified atom stereocenters. The van der Waals surface area contributed by atoms with E-state index in [0.717, 1.165) is 17.8 Å². The van der Waals surface area contributed by atoms with Gasteiger partial charge in [-0.3, -0.25) is 4.68 Å². The first-order valence-corrected chi connectivity index (χ1v) is 6.14. The van der Waals surface area contributed by atoms with Crippen LogP contribution >= 0.6 is 0 Å². The fraction of sp³-hybridized carbons (Fsp3) is 0.750. The van der Waals surface area contributed by atoms with Crippen molar-refractivity contribution in [1.29, 1.82) is 0 Å². The Labute approximate surface area is 105 Å². The molecule has 3 nitrogen and oxygen atoms in total. The highest BCUT2D eigenvalue weighted by molar-refractivity contribution is 5.13. The van der Waals surface area contributed by atoms with Crippen molar-refractivity contribution in [3.63, 3.8) is 0 Å². The highest BCUT2D eigenvalue weighted by atomic mass is 19.4. The molecule has 18 heavy (non-hydrogen) atoms. The largest absolute Gasteiger partial charge is 0.389 e. The molecule has 104 valence electrons. The first-order valence-electron chi connectivity index (χ1n) is 6.14. The zero-order valence-electron chi connectivity index (χ0n) is 11.0. The van der Waals surface area contributed by atoms with Crippen LogP contribution in [0.5, 0.6) is 0 Å². The van der Waals surface area contributed by atoms with Crippen molar-refractivity contribution in [3.05, 3.63) is 17.5 Å². The molecule has 1 heterocycles. The van der Waals surface area contributed by atoms with Crippen molar-refractivity contribution in [2.45, 2.75) is 45.3 Å². The number of hydrogen-bond acceptors (Lipinski definition) is 2. The molecule has 0 saturated heterocycles. The van der Waals surface area contributed by atoms with E-state index in [-0.39, 0.29) is 12.5 Å². The van der Waals surface area contributed by atoms with E-state index in [1.807, 2.05) is 19.9 Å². The SMILES string of the molecule is CCCNC(CCC(F)(F)F)c1cc(C)nn1C. The van der Waals surface area contributed by atoms with E-state index in [2.05, 4.69) is 10.4 Å². The number of nitrogens with one attached hydrogen (secondary N) is 1. The molecule has 0 saturated carbocycles. The van der Waals surface area contributed by atoms with Gasteiger partial charge < -0.3 is 5.32 Å². The molecule has 0 amide bonds. The van der Waals surface area contributed by atoms with E-state index in [1.54, 1.807) is 11.7 Å². The predicted molar refractivity (Wildman–Crippen MR) is 64.3 cm³/mol. The van der Waals surface area contributed by atoms with Crippen LogP contribution < -0.4 is 5.32 Å². The fourth-order valence-electron chi connectivity index (χ4n) is 1.94. The number of halogens is 3. The Kier molecular flexibility index (Phi) is 5.19. The summed E-state index contributed by atoms with van der Waals surface area (Å²) in [6, 6.07) is 1.54. The van der Waals surface area contributed by atoms with Gasteiger partial charge >= 0.3 is 6.18 Å². The normalized spacial score (nSPS) is 13.9. The molecule has 0 radical (unpaired) electrons. The summed E-state index contributed by atoms with van der Waals surface area (Å²) in [5.74, 6) is 0. The third kappa shape index (κ3) is 4.68. The first kappa shape index (κ1) is 15.0. The maximum absolute atomic E-state index is 12.3. The minimum Gasteiger partial charge on any atom is -0.309 e. The van der Waals surface area contributed by atoms with Crippen molar-refractivity contribution >= 4 is 0 Å². The average Bonchev–Trinajstić information content (AvgIpc) is 2.57. The summed E-state index contributed by atoms with van der Waals surface area (Å²) in [6.45, 7) is 4.53. The topological polar surface area (TPSA) is 29.9 Å². The summed E-state index contributed by atoms with van der Waals surface area (Å²) < 4.78 is 38.6. The molecule has 0 aliphatic rings. The summed E-state index contributed by atoms with van der Waals surface area (Å²) in [4.78, 5) is 0. The summed E-state index contributed by atoms with van der Waals surface area (Å²) in [7, 11) is 1.76. The monoisotopic (exact) mass is 263 g/mol. The Hall–Kier alpha value is -1.04. The molecule has 1 atom stereocenters. The Morgan fingerprint density at radius 3 is 2.56 bits per heavy atom. The van der Waals surface area contributed by atoms with Crippen LogP contribution in [0.3, 0.4) is 0 Å². The predicted octanol–water partition coefficient (Wildman–Crippen LogP) is 3.11. The Morgan fingerprint density at radius 2 is 2.11 bits per heavy atom. The molecule has 1 aromatic heterocycles. The van der Waals surface area contributed by atoms with Crippen LogP contribution in [0.25, 0.3) is 0 Å². The van der Waals surface area contributed by atoms with Crippen molar-refractivity contribution in [2.75, 3.05) is 6.54 Å². The molecule has 0 fully saturated rings. The Morgan fingerprint density at radius 1 is 1.44 bits per heavy atom. The van der Waals surface area contributed by atoms with Gasteiger partial charge in [-0.05, 0) is 32.4 Å². The van der Waals surface area contributed by atoms with E-state index in [9.17, 15) is 13.2 Å². The van der Waals surface area contributed by atoms with E-state index < -0.39 is 12.6 Å². The summed E-state index contributed by atoms with van der Waals surface area (Å²) in [6.07, 6.45) is -3.96. The van der Waals surface area contributed by atoms with Crippen LogP contribution in [0, 0.1) is 6.92 Å². The molecule has 1 aromatic rings. The second-order valence-corrected chi connectivity index (χ2v) is 4.49. The Balaban J connectivity index is 2.74. The standard InChI is InChI=1S/C12H20F3N3/c1-4-7-16-10(5-6-12(13,14)15)11-8-9(2)17-18(11)3/h8,10,16H,4-7H2,1-3H3. The number of rotatable bonds is 6. The highest BCUT2D eigenvalue weighted by Gasteiger charge is 2.29. The van der Waals surface area contributed by atoms with Crippen molar-refractivity contribution in [1.82, 2.24) is 15.1 Å². The number of hydrogen-bond donors (Lipinski definition) is 1. The van der Waals surface area contributed by atoms with Gasteiger partial charge in [-0.1, -0.05) is 6.92 Å². The molecule has 0 aliphatic carbocycles. The van der Waals surface area contributed by atoms with Crippen LogP contribution in [-0.2, 0) is 7.05 Å². The quantitative estimate of drug-likeness (QED) is 0.854. The molecule has 0 bridgehead atoms. The van der Waals surface area contributed by atoms with Crippen molar-refractivity contribution < 1.29 is 13.2 Å². The molecular weight excluding hydrogens is 243 g/mol. The smallest absolute Gasteiger partial charge is 0.309 e. The van der Waals surface area contributed by atoms with Crippen LogP contribution in [0.1, 0.15) is 43.6 Å². The highest BCUT2D eigenvalue weighted by Crippen LogP contribution is 2.27. The second kappa shape index (κ2) is 6.22. The van der Waals surface area contributed by atoms with Crippen LogP contribution in [0.4, 0.5) is 13.2 Å². The lowest BCUT2D eigenvalue weighted by Gasteiger charge is -2.19. The minimum absolute atomic E-state index is 0.0441. The molecule has 0 spiro atoms. The van der Waals surface area contributed by atoms with Gasteiger partial charge in [0.2, 0.25) is 0 Å². The molecule has 1 N–H and O–H groups in total. The number of alkyl halides is 3. The van der Waals surface area contributed by atoms with Gasteiger partial charge in [-0.2, -0.15) is 18.3 Å². The van der Waals surface area contributed by atoms with E-state index in [4.69, 9.17) is 0 Å². The van der Waals surface area contributed by atoms with Gasteiger partial charge in [0.15, 0.2) is 0 Å². The van der Waals surface area contributed by atoms with Crippen LogP contribution in [-0.4, -0.2) is 22.5 Å². The van der Waals surface area contributed by atoms with E-state index in [1.165, 1.54) is 0 Å². The van der Waals surface area contributed by atoms with Gasteiger partial charge in [0.05, 0.1) is 11.4 Å². The number of aryl methyl sites for hydroxylation is 2. The zero-order valence-corrected chi connectivity index (χ0v) is 11.0. The zero-order chi connectivity index (χ0) is 13.8. The summed E-state index contributed by atoms with van der Waals surface area (Å²) in [5.41, 5.74) is 1.63. The number of aromatic nitrogens is 2. The van der Waals surface area contributed by atoms with Gasteiger partial charge in [-0.25, -0.2) is 0 Å². The lowest BCUT2D eigenvalue weighted by atomic mass is 10.1. The lowest BCUT2D eigenvalue weighted by Crippen LogP contribution is -2.26. The molecule has 0 aliphatic heterocycles. The van der Waals surface area contributed by atoms with Gasteiger partial charge in [0, 0.05) is 19.5 Å². The van der Waals surface area contributed by atoms with Gasteiger partial charge in [0.25, 0.3) is 0 Å². The second-order valence-electron chi connectivity index (χ2n) is 4.49. The first-order chi connectivity index (χ1) is 8.33. The summed E-state index contributed by atoms with van der Waals surface area (Å²) in [5, 5.41) is 7.33. The Bertz CT molecular complexity index is 371. The van der Waals surface area contributed by atoms with E-state index in [0.29, 0.717) is 6.54 Å². The molecule has 6 heteroatoms. The third-order valence-electron chi connectivity index (χ3n) is 2.75. The average molecular weight is 263 g/mol. The molecule has 1 rings (SSSR count). The van der Waals surface area contributed by atoms with Crippen molar-refractivity contribution in [3.8, 4) is 0 Å².